The van der Waals surface area contributed by atoms with Crippen molar-refractivity contribution in [3.8, 4) is 0 Å². The Kier molecular flexibility index (Phi) is 5.69. The fourth-order valence-corrected chi connectivity index (χ4v) is 1.48. The Bertz CT molecular complexity index is 242. The van der Waals surface area contributed by atoms with E-state index in [0.717, 1.165) is 5.69 Å². The van der Waals surface area contributed by atoms with E-state index in [9.17, 15) is 0 Å². The molecule has 0 unspecified atom stereocenters. The minimum atomic E-state index is 0. The van der Waals surface area contributed by atoms with E-state index >= 15 is 0 Å². The van der Waals surface area contributed by atoms with Gasteiger partial charge in [0.05, 0.1) is 15.7 Å². The minimum Gasteiger partial charge on any atom is -0.259 e. The van der Waals surface area contributed by atoms with Gasteiger partial charge in [0.1, 0.15) is 0 Å². The Hall–Kier alpha value is 0.690. The van der Waals surface area contributed by atoms with Crippen molar-refractivity contribution in [1.82, 2.24) is 4.98 Å². The SMILES string of the molecule is Br.Clc1ccnc(CBr)c1Cl. The molecule has 0 N–H and O–H groups in total. The first kappa shape index (κ1) is 11.7. The van der Waals surface area contributed by atoms with Crippen LogP contribution in [-0.2, 0) is 5.33 Å². The van der Waals surface area contributed by atoms with Gasteiger partial charge in [0.15, 0.2) is 0 Å². The van der Waals surface area contributed by atoms with Crippen LogP contribution in [0.15, 0.2) is 12.3 Å². The standard InChI is InChI=1S/C6H4BrCl2N.BrH/c7-3-5-6(9)4(8)1-2-10-5;/h1-2H,3H2;1H. The Morgan fingerprint density at radius 1 is 1.45 bits per heavy atom. The van der Waals surface area contributed by atoms with Gasteiger partial charge in [-0.1, -0.05) is 39.1 Å². The van der Waals surface area contributed by atoms with Gasteiger partial charge in [-0.15, -0.1) is 17.0 Å². The molecule has 1 aromatic heterocycles. The summed E-state index contributed by atoms with van der Waals surface area (Å²) < 4.78 is 0. The summed E-state index contributed by atoms with van der Waals surface area (Å²) in [7, 11) is 0. The number of rotatable bonds is 1. The number of nitrogens with zero attached hydrogens (tertiary/aromatic N) is 1. The molecule has 0 fully saturated rings. The molecule has 0 spiro atoms. The quantitative estimate of drug-likeness (QED) is 0.716. The normalized spacial score (nSPS) is 9.00. The number of hydrogen-bond donors (Lipinski definition) is 0. The van der Waals surface area contributed by atoms with Crippen LogP contribution in [0.5, 0.6) is 0 Å². The summed E-state index contributed by atoms with van der Waals surface area (Å²) in [6, 6.07) is 1.66. The molecule has 0 aromatic carbocycles. The number of hydrogen-bond acceptors (Lipinski definition) is 1. The number of alkyl halides is 1. The lowest BCUT2D eigenvalue weighted by Crippen LogP contribution is -1.85. The molecule has 1 aromatic rings. The highest BCUT2D eigenvalue weighted by atomic mass is 79.9. The maximum absolute atomic E-state index is 5.77. The predicted molar refractivity (Wildman–Crippen MR) is 57.2 cm³/mol. The highest BCUT2D eigenvalue weighted by Gasteiger charge is 2.02. The molecule has 0 saturated heterocycles. The molecule has 0 atom stereocenters. The molecule has 0 aliphatic carbocycles. The highest BCUT2D eigenvalue weighted by molar-refractivity contribution is 9.08. The summed E-state index contributed by atoms with van der Waals surface area (Å²) in [6.45, 7) is 0. The molecule has 5 heteroatoms. The summed E-state index contributed by atoms with van der Waals surface area (Å²) >= 11 is 14.7. The van der Waals surface area contributed by atoms with Crippen molar-refractivity contribution in [3.05, 3.63) is 28.0 Å². The topological polar surface area (TPSA) is 12.9 Å². The van der Waals surface area contributed by atoms with Crippen molar-refractivity contribution in [1.29, 1.82) is 0 Å². The van der Waals surface area contributed by atoms with E-state index in [0.29, 0.717) is 15.4 Å². The van der Waals surface area contributed by atoms with Crippen molar-refractivity contribution in [2.24, 2.45) is 0 Å². The van der Waals surface area contributed by atoms with Crippen molar-refractivity contribution in [3.63, 3.8) is 0 Å². The van der Waals surface area contributed by atoms with E-state index in [1.807, 2.05) is 0 Å². The second-order valence-corrected chi connectivity index (χ2v) is 3.03. The summed E-state index contributed by atoms with van der Waals surface area (Å²) in [5.41, 5.74) is 0.772. The number of pyridine rings is 1. The monoisotopic (exact) mass is 319 g/mol. The fourth-order valence-electron chi connectivity index (χ4n) is 0.554. The van der Waals surface area contributed by atoms with Gasteiger partial charge in [-0.3, -0.25) is 4.98 Å². The van der Waals surface area contributed by atoms with Crippen LogP contribution in [0.3, 0.4) is 0 Å². The van der Waals surface area contributed by atoms with Gasteiger partial charge >= 0.3 is 0 Å². The molecule has 1 rings (SSSR count). The molecule has 0 bridgehead atoms. The molecular formula is C6H5Br2Cl2N. The molecular weight excluding hydrogens is 317 g/mol. The molecule has 1 heterocycles. The maximum atomic E-state index is 5.77. The van der Waals surface area contributed by atoms with Crippen LogP contribution in [0.25, 0.3) is 0 Å². The molecule has 0 aliphatic heterocycles. The molecule has 62 valence electrons. The zero-order valence-corrected chi connectivity index (χ0v) is 10.2. The molecule has 0 radical (unpaired) electrons. The first-order valence-corrected chi connectivity index (χ1v) is 4.48. The first-order valence-electron chi connectivity index (χ1n) is 2.60. The lowest BCUT2D eigenvalue weighted by Gasteiger charge is -1.98. The Morgan fingerprint density at radius 2 is 2.09 bits per heavy atom. The smallest absolute Gasteiger partial charge is 0.0816 e. The van der Waals surface area contributed by atoms with Crippen molar-refractivity contribution >= 4 is 56.1 Å². The summed E-state index contributed by atoms with van der Waals surface area (Å²) in [5.74, 6) is 0. The summed E-state index contributed by atoms with van der Waals surface area (Å²) in [6.07, 6.45) is 1.63. The van der Waals surface area contributed by atoms with Crippen LogP contribution in [-0.4, -0.2) is 4.98 Å². The fraction of sp³-hybridized carbons (Fsp3) is 0.167. The molecule has 11 heavy (non-hydrogen) atoms. The van der Waals surface area contributed by atoms with E-state index in [2.05, 4.69) is 20.9 Å². The van der Waals surface area contributed by atoms with Crippen molar-refractivity contribution in [2.75, 3.05) is 0 Å². The summed E-state index contributed by atoms with van der Waals surface area (Å²) in [4.78, 5) is 3.99. The third-order valence-corrected chi connectivity index (χ3v) is 2.41. The lowest BCUT2D eigenvalue weighted by atomic mass is 10.4. The van der Waals surface area contributed by atoms with Crippen LogP contribution >= 0.6 is 56.1 Å². The molecule has 1 nitrogen and oxygen atoms in total. The zero-order valence-electron chi connectivity index (χ0n) is 5.35. The highest BCUT2D eigenvalue weighted by Crippen LogP contribution is 2.24. The van der Waals surface area contributed by atoms with E-state index < -0.39 is 0 Å². The summed E-state index contributed by atoms with van der Waals surface area (Å²) in [5, 5.41) is 1.71. The van der Waals surface area contributed by atoms with Crippen LogP contribution in [0.4, 0.5) is 0 Å². The average molecular weight is 322 g/mol. The van der Waals surface area contributed by atoms with E-state index in [1.165, 1.54) is 0 Å². The maximum Gasteiger partial charge on any atom is 0.0816 e. The predicted octanol–water partition coefficient (Wildman–Crippen LogP) is 3.86. The van der Waals surface area contributed by atoms with E-state index in [-0.39, 0.29) is 17.0 Å². The van der Waals surface area contributed by atoms with Gasteiger partial charge in [0, 0.05) is 11.5 Å². The van der Waals surface area contributed by atoms with Gasteiger partial charge in [0.2, 0.25) is 0 Å². The van der Waals surface area contributed by atoms with Gasteiger partial charge in [0.25, 0.3) is 0 Å². The molecule has 0 aliphatic rings. The molecule has 0 saturated carbocycles. The second kappa shape index (κ2) is 5.36. The average Bonchev–Trinajstić information content (AvgIpc) is 1.95. The third kappa shape index (κ3) is 2.90. The van der Waals surface area contributed by atoms with Crippen LogP contribution in [0.1, 0.15) is 5.69 Å². The van der Waals surface area contributed by atoms with Gasteiger partial charge in [-0.05, 0) is 6.07 Å². The first-order chi connectivity index (χ1) is 4.75. The van der Waals surface area contributed by atoms with Gasteiger partial charge in [-0.2, -0.15) is 0 Å². The van der Waals surface area contributed by atoms with E-state index in [1.54, 1.807) is 12.3 Å². The Balaban J connectivity index is 0.000001000. The van der Waals surface area contributed by atoms with E-state index in [4.69, 9.17) is 23.2 Å². The van der Waals surface area contributed by atoms with Gasteiger partial charge < -0.3 is 0 Å². The largest absolute Gasteiger partial charge is 0.259 e. The Labute approximate surface area is 94.0 Å². The van der Waals surface area contributed by atoms with Crippen LogP contribution in [0, 0.1) is 0 Å². The zero-order chi connectivity index (χ0) is 7.56. The van der Waals surface area contributed by atoms with Gasteiger partial charge in [-0.25, -0.2) is 0 Å². The Morgan fingerprint density at radius 3 is 2.55 bits per heavy atom. The second-order valence-electron chi connectivity index (χ2n) is 1.69. The number of halogens is 4. The van der Waals surface area contributed by atoms with Crippen molar-refractivity contribution in [2.45, 2.75) is 5.33 Å². The van der Waals surface area contributed by atoms with Crippen molar-refractivity contribution < 1.29 is 0 Å². The minimum absolute atomic E-state index is 0. The van der Waals surface area contributed by atoms with Crippen LogP contribution in [0.2, 0.25) is 10.0 Å². The number of aromatic nitrogens is 1. The van der Waals surface area contributed by atoms with Crippen LogP contribution < -0.4 is 0 Å². The molecule has 0 amide bonds. The lowest BCUT2D eigenvalue weighted by molar-refractivity contribution is 1.19. The third-order valence-electron chi connectivity index (χ3n) is 1.04.